The maximum Gasteiger partial charge on any atom is 0.247 e. The molecular weight excluding hydrogens is 440 g/mol. The molecular formula is C27H28N6O2. The molecule has 1 amide bonds. The number of nitrogens with zero attached hydrogens (tertiary/aromatic N) is 4. The number of rotatable bonds is 9. The summed E-state index contributed by atoms with van der Waals surface area (Å²) in [5, 5.41) is 19.5. The number of anilines is 1. The van der Waals surface area contributed by atoms with Crippen molar-refractivity contribution < 1.29 is 9.53 Å². The molecule has 4 rings (SSSR count). The number of amides is 1. The number of aromatic nitrogens is 3. The van der Waals surface area contributed by atoms with Crippen molar-refractivity contribution in [3.05, 3.63) is 89.6 Å². The van der Waals surface area contributed by atoms with Gasteiger partial charge in [-0.05, 0) is 55.2 Å². The Balaban J connectivity index is 1.46. The molecule has 1 aliphatic carbocycles. The number of methoxy groups -OCH3 is 1. The molecule has 0 saturated carbocycles. The highest BCUT2D eigenvalue weighted by molar-refractivity contribution is 5.97. The highest BCUT2D eigenvalue weighted by Gasteiger charge is 2.27. The van der Waals surface area contributed by atoms with E-state index in [-0.39, 0.29) is 5.91 Å². The van der Waals surface area contributed by atoms with Crippen molar-refractivity contribution in [3.8, 4) is 17.2 Å². The van der Waals surface area contributed by atoms with Crippen molar-refractivity contribution in [2.45, 2.75) is 25.3 Å². The van der Waals surface area contributed by atoms with E-state index in [4.69, 9.17) is 10.00 Å². The van der Waals surface area contributed by atoms with Crippen molar-refractivity contribution in [2.24, 2.45) is 7.05 Å². The van der Waals surface area contributed by atoms with E-state index in [9.17, 15) is 4.79 Å². The first-order valence-electron chi connectivity index (χ1n) is 11.5. The molecule has 0 saturated heterocycles. The molecule has 1 aromatic carbocycles. The van der Waals surface area contributed by atoms with Crippen LogP contribution in [-0.2, 0) is 23.0 Å². The maximum atomic E-state index is 13.4. The van der Waals surface area contributed by atoms with Gasteiger partial charge in [-0.15, -0.1) is 0 Å². The second-order valence-corrected chi connectivity index (χ2v) is 8.28. The van der Waals surface area contributed by atoms with E-state index in [2.05, 4.69) is 32.9 Å². The number of benzene rings is 1. The zero-order valence-corrected chi connectivity index (χ0v) is 19.9. The lowest BCUT2D eigenvalue weighted by atomic mass is 9.97. The highest BCUT2D eigenvalue weighted by atomic mass is 16.5. The third-order valence-corrected chi connectivity index (χ3v) is 5.84. The van der Waals surface area contributed by atoms with E-state index in [1.165, 1.54) is 0 Å². The second kappa shape index (κ2) is 11.3. The van der Waals surface area contributed by atoms with E-state index in [0.717, 1.165) is 35.1 Å². The Kier molecular flexibility index (Phi) is 7.70. The van der Waals surface area contributed by atoms with Gasteiger partial charge in [0, 0.05) is 42.7 Å². The second-order valence-electron chi connectivity index (χ2n) is 8.28. The number of aryl methyl sites for hydroxylation is 1. The third-order valence-electron chi connectivity index (χ3n) is 5.84. The molecule has 2 heterocycles. The molecule has 1 atom stereocenters. The Morgan fingerprint density at radius 2 is 1.94 bits per heavy atom. The predicted octanol–water partition coefficient (Wildman–Crippen LogP) is 3.74. The highest BCUT2D eigenvalue weighted by Crippen LogP contribution is 2.24. The average Bonchev–Trinajstić information content (AvgIpc) is 3.33. The standard InChI is InChI=1S/C27H28N6O2/c1-33-18-22(17-31-33)21-11-12-25(30-16-21)32-27(34)26(23-5-3-4-6-24(23)35-2)29-14-13-19-7-9-20(15-28)10-8-19/h5-12,16-18,26,29H,3-4,13-14H2,1-2H3,(H,30,32,34). The summed E-state index contributed by atoms with van der Waals surface area (Å²) in [6.07, 6.45) is 11.9. The van der Waals surface area contributed by atoms with Crippen LogP contribution in [0.1, 0.15) is 24.0 Å². The van der Waals surface area contributed by atoms with Crippen LogP contribution in [-0.4, -0.2) is 40.4 Å². The molecule has 2 N–H and O–H groups in total. The summed E-state index contributed by atoms with van der Waals surface area (Å²) in [4.78, 5) is 17.8. The third kappa shape index (κ3) is 6.02. The van der Waals surface area contributed by atoms with Crippen LogP contribution in [0.25, 0.3) is 11.1 Å². The van der Waals surface area contributed by atoms with Gasteiger partial charge in [-0.25, -0.2) is 4.98 Å². The number of carbonyl (C=O) groups excluding carboxylic acids is 1. The Morgan fingerprint density at radius 1 is 1.14 bits per heavy atom. The molecule has 0 bridgehead atoms. The van der Waals surface area contributed by atoms with Gasteiger partial charge in [0.25, 0.3) is 0 Å². The van der Waals surface area contributed by atoms with E-state index >= 15 is 0 Å². The quantitative estimate of drug-likeness (QED) is 0.496. The fourth-order valence-electron chi connectivity index (χ4n) is 3.99. The Labute approximate surface area is 204 Å². The number of allylic oxidation sites excluding steroid dienone is 2. The van der Waals surface area contributed by atoms with Crippen LogP contribution in [0.3, 0.4) is 0 Å². The van der Waals surface area contributed by atoms with Crippen LogP contribution < -0.4 is 10.6 Å². The molecule has 0 aliphatic heterocycles. The van der Waals surface area contributed by atoms with Gasteiger partial charge in [-0.3, -0.25) is 9.48 Å². The van der Waals surface area contributed by atoms with Gasteiger partial charge >= 0.3 is 0 Å². The van der Waals surface area contributed by atoms with Crippen LogP contribution >= 0.6 is 0 Å². The normalized spacial score (nSPS) is 13.9. The Hall–Kier alpha value is -4.22. The fraction of sp³-hybridized carbons (Fsp3) is 0.259. The van der Waals surface area contributed by atoms with Crippen molar-refractivity contribution >= 4 is 11.7 Å². The van der Waals surface area contributed by atoms with Gasteiger partial charge in [0.2, 0.25) is 5.91 Å². The SMILES string of the molecule is COC1=CCCC=C1C(NCCc1ccc(C#N)cc1)C(=O)Nc1ccc(-c2cnn(C)c2)cn1. The zero-order chi connectivity index (χ0) is 24.6. The number of nitriles is 1. The topological polar surface area (TPSA) is 105 Å². The molecule has 3 aromatic rings. The summed E-state index contributed by atoms with van der Waals surface area (Å²) in [5.41, 5.74) is 4.42. The van der Waals surface area contributed by atoms with Crippen LogP contribution in [0.4, 0.5) is 5.82 Å². The van der Waals surface area contributed by atoms with E-state index in [1.54, 1.807) is 42.4 Å². The number of pyridine rings is 1. The lowest BCUT2D eigenvalue weighted by Gasteiger charge is -2.24. The van der Waals surface area contributed by atoms with Crippen molar-refractivity contribution in [3.63, 3.8) is 0 Å². The van der Waals surface area contributed by atoms with E-state index in [1.807, 2.05) is 37.5 Å². The molecule has 178 valence electrons. The number of hydrogen-bond donors (Lipinski definition) is 2. The molecule has 8 heteroatoms. The Morgan fingerprint density at radius 3 is 2.60 bits per heavy atom. The summed E-state index contributed by atoms with van der Waals surface area (Å²) < 4.78 is 7.29. The van der Waals surface area contributed by atoms with Gasteiger partial charge in [0.05, 0.1) is 24.9 Å². The van der Waals surface area contributed by atoms with Gasteiger partial charge in [0.15, 0.2) is 0 Å². The Bertz CT molecular complexity index is 1270. The van der Waals surface area contributed by atoms with Crippen LogP contribution in [0, 0.1) is 11.3 Å². The summed E-state index contributed by atoms with van der Waals surface area (Å²) in [6.45, 7) is 0.575. The van der Waals surface area contributed by atoms with Crippen LogP contribution in [0.2, 0.25) is 0 Å². The minimum absolute atomic E-state index is 0.206. The number of hydrogen-bond acceptors (Lipinski definition) is 6. The number of carbonyl (C=O) groups is 1. The smallest absolute Gasteiger partial charge is 0.247 e. The molecule has 35 heavy (non-hydrogen) atoms. The van der Waals surface area contributed by atoms with Crippen LogP contribution in [0.15, 0.2) is 78.5 Å². The molecule has 0 spiro atoms. The molecule has 8 nitrogen and oxygen atoms in total. The first-order chi connectivity index (χ1) is 17.1. The molecule has 1 aliphatic rings. The van der Waals surface area contributed by atoms with Gasteiger partial charge in [-0.2, -0.15) is 10.4 Å². The lowest BCUT2D eigenvalue weighted by Crippen LogP contribution is -2.44. The van der Waals surface area contributed by atoms with E-state index < -0.39 is 6.04 Å². The minimum Gasteiger partial charge on any atom is -0.497 e. The zero-order valence-electron chi connectivity index (χ0n) is 19.9. The van der Waals surface area contributed by atoms with E-state index in [0.29, 0.717) is 30.1 Å². The summed E-state index contributed by atoms with van der Waals surface area (Å²) in [7, 11) is 3.48. The molecule has 1 unspecified atom stereocenters. The largest absolute Gasteiger partial charge is 0.497 e. The van der Waals surface area contributed by atoms with Crippen molar-refractivity contribution in [2.75, 3.05) is 19.0 Å². The first kappa shape index (κ1) is 23.9. The summed E-state index contributed by atoms with van der Waals surface area (Å²) >= 11 is 0. The van der Waals surface area contributed by atoms with Crippen LogP contribution in [0.5, 0.6) is 0 Å². The molecule has 0 fully saturated rings. The number of nitrogens with one attached hydrogen (secondary N) is 2. The molecule has 2 aromatic heterocycles. The maximum absolute atomic E-state index is 13.4. The van der Waals surface area contributed by atoms with Crippen molar-refractivity contribution in [1.29, 1.82) is 5.26 Å². The predicted molar refractivity (Wildman–Crippen MR) is 134 cm³/mol. The van der Waals surface area contributed by atoms with Gasteiger partial charge in [-0.1, -0.05) is 18.2 Å². The van der Waals surface area contributed by atoms with Gasteiger partial charge < -0.3 is 15.4 Å². The summed E-state index contributed by atoms with van der Waals surface area (Å²) in [5.74, 6) is 0.977. The molecule has 0 radical (unpaired) electrons. The lowest BCUT2D eigenvalue weighted by molar-refractivity contribution is -0.117. The number of ether oxygens (including phenoxy) is 1. The van der Waals surface area contributed by atoms with Gasteiger partial charge in [0.1, 0.15) is 17.6 Å². The monoisotopic (exact) mass is 468 g/mol. The first-order valence-corrected chi connectivity index (χ1v) is 11.5. The van der Waals surface area contributed by atoms with Crippen molar-refractivity contribution in [1.82, 2.24) is 20.1 Å². The average molecular weight is 469 g/mol. The summed E-state index contributed by atoms with van der Waals surface area (Å²) in [6, 6.07) is 12.7. The minimum atomic E-state index is -0.598. The fourth-order valence-corrected chi connectivity index (χ4v) is 3.99.